The average molecular weight is 452 g/mol. The van der Waals surface area contributed by atoms with Crippen molar-refractivity contribution in [3.8, 4) is 16.9 Å². The minimum absolute atomic E-state index is 0.184. The van der Waals surface area contributed by atoms with Crippen LogP contribution in [0.1, 0.15) is 42.5 Å². The standard InChI is InChI=1S/C24H22ClN3O2S/c1-13(2)28-7-4-19-18(12-28)23(30-27-19)21-10-14-9-15(25)11-17(22(14)29-21)16-3-6-26-20-5-8-31-24(16)20/h3,5-6,8-9,11,13,21H,4,7,10,12H2,1-2H3/t21-/m1/s1. The normalized spacial score (nSPS) is 18.4. The molecule has 0 amide bonds. The predicted molar refractivity (Wildman–Crippen MR) is 123 cm³/mol. The fraction of sp³-hybridized carbons (Fsp3) is 0.333. The highest BCUT2D eigenvalue weighted by molar-refractivity contribution is 7.17. The van der Waals surface area contributed by atoms with Gasteiger partial charge in [-0.2, -0.15) is 0 Å². The van der Waals surface area contributed by atoms with E-state index in [1.165, 1.54) is 5.56 Å². The zero-order valence-electron chi connectivity index (χ0n) is 17.4. The van der Waals surface area contributed by atoms with Crippen LogP contribution in [-0.4, -0.2) is 27.6 Å². The van der Waals surface area contributed by atoms with Crippen LogP contribution in [-0.2, 0) is 19.4 Å². The number of thiophene rings is 1. The van der Waals surface area contributed by atoms with E-state index < -0.39 is 0 Å². The smallest absolute Gasteiger partial charge is 0.182 e. The quantitative estimate of drug-likeness (QED) is 0.379. The summed E-state index contributed by atoms with van der Waals surface area (Å²) in [6, 6.07) is 8.57. The molecule has 1 atom stereocenters. The molecule has 5 nitrogen and oxygen atoms in total. The Morgan fingerprint density at radius 3 is 3.00 bits per heavy atom. The molecule has 0 fully saturated rings. The van der Waals surface area contributed by atoms with Crippen LogP contribution < -0.4 is 4.74 Å². The molecule has 0 unspecified atom stereocenters. The van der Waals surface area contributed by atoms with Crippen LogP contribution in [0.2, 0.25) is 5.02 Å². The molecule has 158 valence electrons. The van der Waals surface area contributed by atoms with E-state index in [0.29, 0.717) is 11.1 Å². The van der Waals surface area contributed by atoms with E-state index in [4.69, 9.17) is 20.9 Å². The third kappa shape index (κ3) is 3.16. The number of hydrogen-bond donors (Lipinski definition) is 0. The van der Waals surface area contributed by atoms with E-state index in [1.807, 2.05) is 30.5 Å². The second kappa shape index (κ2) is 7.33. The Hall–Kier alpha value is -2.41. The Kier molecular flexibility index (Phi) is 4.56. The van der Waals surface area contributed by atoms with Gasteiger partial charge in [0.25, 0.3) is 0 Å². The molecule has 0 N–H and O–H groups in total. The monoisotopic (exact) mass is 451 g/mol. The highest BCUT2D eigenvalue weighted by atomic mass is 35.5. The van der Waals surface area contributed by atoms with E-state index in [2.05, 4.69) is 34.3 Å². The minimum Gasteiger partial charge on any atom is -0.481 e. The van der Waals surface area contributed by atoms with Gasteiger partial charge in [0.2, 0.25) is 0 Å². The van der Waals surface area contributed by atoms with E-state index in [1.54, 1.807) is 11.3 Å². The lowest BCUT2D eigenvalue weighted by Gasteiger charge is -2.29. The van der Waals surface area contributed by atoms with Crippen molar-refractivity contribution in [2.24, 2.45) is 0 Å². The molecule has 0 spiro atoms. The first kappa shape index (κ1) is 19.3. The lowest BCUT2D eigenvalue weighted by Crippen LogP contribution is -2.36. The van der Waals surface area contributed by atoms with Gasteiger partial charge in [-0.3, -0.25) is 9.88 Å². The number of benzene rings is 1. The van der Waals surface area contributed by atoms with Crippen LogP contribution in [0.25, 0.3) is 21.3 Å². The van der Waals surface area contributed by atoms with Crippen LogP contribution >= 0.6 is 22.9 Å². The molecule has 5 heterocycles. The molecule has 1 aromatic carbocycles. The van der Waals surface area contributed by atoms with Crippen molar-refractivity contribution in [2.75, 3.05) is 6.54 Å². The van der Waals surface area contributed by atoms with E-state index in [-0.39, 0.29) is 6.10 Å². The number of halogens is 1. The fourth-order valence-electron chi connectivity index (χ4n) is 4.70. The largest absolute Gasteiger partial charge is 0.481 e. The van der Waals surface area contributed by atoms with Gasteiger partial charge in [0, 0.05) is 65.4 Å². The summed E-state index contributed by atoms with van der Waals surface area (Å²) >= 11 is 8.22. The van der Waals surface area contributed by atoms with Crippen molar-refractivity contribution in [3.05, 3.63) is 63.4 Å². The first-order chi connectivity index (χ1) is 15.1. The summed E-state index contributed by atoms with van der Waals surface area (Å²) in [7, 11) is 0. The summed E-state index contributed by atoms with van der Waals surface area (Å²) in [6.45, 7) is 6.33. The van der Waals surface area contributed by atoms with Crippen LogP contribution in [0.4, 0.5) is 0 Å². The van der Waals surface area contributed by atoms with Gasteiger partial charge < -0.3 is 9.26 Å². The van der Waals surface area contributed by atoms with Gasteiger partial charge in [0.1, 0.15) is 5.75 Å². The van der Waals surface area contributed by atoms with Gasteiger partial charge in [0.05, 0.1) is 15.9 Å². The number of fused-ring (bicyclic) bond motifs is 3. The number of pyridine rings is 1. The number of nitrogens with zero attached hydrogens (tertiary/aromatic N) is 3. The highest BCUT2D eigenvalue weighted by Gasteiger charge is 2.35. The SMILES string of the molecule is CC(C)N1CCc2noc([C@H]3Cc4cc(Cl)cc(-c5ccnc6ccsc56)c4O3)c2C1. The van der Waals surface area contributed by atoms with Crippen LogP contribution in [0.3, 0.4) is 0 Å². The predicted octanol–water partition coefficient (Wildman–Crippen LogP) is 6.05. The maximum Gasteiger partial charge on any atom is 0.182 e. The summed E-state index contributed by atoms with van der Waals surface area (Å²) in [6.07, 6.45) is 3.31. The Balaban J connectivity index is 1.40. The van der Waals surface area contributed by atoms with Crippen molar-refractivity contribution in [1.82, 2.24) is 15.0 Å². The van der Waals surface area contributed by atoms with Gasteiger partial charge in [-0.05, 0) is 43.5 Å². The van der Waals surface area contributed by atoms with Crippen molar-refractivity contribution in [3.63, 3.8) is 0 Å². The van der Waals surface area contributed by atoms with Gasteiger partial charge in [-0.25, -0.2) is 0 Å². The third-order valence-electron chi connectivity index (χ3n) is 6.35. The van der Waals surface area contributed by atoms with Gasteiger partial charge in [0.15, 0.2) is 11.9 Å². The lowest BCUT2D eigenvalue weighted by molar-refractivity contribution is 0.180. The Morgan fingerprint density at radius 2 is 2.13 bits per heavy atom. The molecule has 7 heteroatoms. The van der Waals surface area contributed by atoms with Crippen molar-refractivity contribution < 1.29 is 9.26 Å². The second-order valence-corrected chi connectivity index (χ2v) is 9.88. The molecule has 0 saturated carbocycles. The number of aromatic nitrogens is 2. The molecule has 2 aliphatic heterocycles. The topological polar surface area (TPSA) is 51.4 Å². The summed E-state index contributed by atoms with van der Waals surface area (Å²) in [5.74, 6) is 1.74. The Labute approximate surface area is 189 Å². The van der Waals surface area contributed by atoms with Crippen LogP contribution in [0.15, 0.2) is 40.4 Å². The third-order valence-corrected chi connectivity index (χ3v) is 7.50. The summed E-state index contributed by atoms with van der Waals surface area (Å²) in [4.78, 5) is 6.93. The molecule has 6 rings (SSSR count). The molecular formula is C24H22ClN3O2S. The minimum atomic E-state index is -0.184. The fourth-order valence-corrected chi connectivity index (χ4v) is 5.82. The molecule has 3 aromatic heterocycles. The zero-order chi connectivity index (χ0) is 21.1. The summed E-state index contributed by atoms with van der Waals surface area (Å²) < 4.78 is 13.5. The van der Waals surface area contributed by atoms with E-state index in [9.17, 15) is 0 Å². The first-order valence-electron chi connectivity index (χ1n) is 10.6. The van der Waals surface area contributed by atoms with E-state index in [0.717, 1.165) is 70.0 Å². The van der Waals surface area contributed by atoms with Gasteiger partial charge in [-0.15, -0.1) is 11.3 Å². The second-order valence-electron chi connectivity index (χ2n) is 8.53. The number of hydrogen-bond acceptors (Lipinski definition) is 6. The van der Waals surface area contributed by atoms with Crippen molar-refractivity contribution in [1.29, 1.82) is 0 Å². The van der Waals surface area contributed by atoms with Crippen molar-refractivity contribution >= 4 is 33.2 Å². The average Bonchev–Trinajstić information content (AvgIpc) is 3.49. The molecule has 0 aliphatic carbocycles. The zero-order valence-corrected chi connectivity index (χ0v) is 19.0. The number of rotatable bonds is 3. The Morgan fingerprint density at radius 1 is 1.23 bits per heavy atom. The molecule has 0 saturated heterocycles. The molecular weight excluding hydrogens is 430 g/mol. The van der Waals surface area contributed by atoms with E-state index >= 15 is 0 Å². The molecule has 0 radical (unpaired) electrons. The molecule has 0 bridgehead atoms. The summed E-state index contributed by atoms with van der Waals surface area (Å²) in [5, 5.41) is 7.16. The van der Waals surface area contributed by atoms with Crippen LogP contribution in [0.5, 0.6) is 5.75 Å². The first-order valence-corrected chi connectivity index (χ1v) is 11.9. The van der Waals surface area contributed by atoms with Gasteiger partial charge in [-0.1, -0.05) is 16.8 Å². The van der Waals surface area contributed by atoms with Crippen molar-refractivity contribution in [2.45, 2.75) is 45.4 Å². The Bertz CT molecular complexity index is 1300. The maximum absolute atomic E-state index is 6.55. The van der Waals surface area contributed by atoms with Crippen LogP contribution in [0, 0.1) is 0 Å². The lowest BCUT2D eigenvalue weighted by atomic mass is 9.98. The molecule has 2 aliphatic rings. The maximum atomic E-state index is 6.55. The molecule has 31 heavy (non-hydrogen) atoms. The van der Waals surface area contributed by atoms with Gasteiger partial charge >= 0.3 is 0 Å². The molecule has 4 aromatic rings. The number of ether oxygens (including phenoxy) is 1. The highest BCUT2D eigenvalue weighted by Crippen LogP contribution is 2.47. The summed E-state index contributed by atoms with van der Waals surface area (Å²) in [5.41, 5.74) is 6.47.